The van der Waals surface area contributed by atoms with Gasteiger partial charge >= 0.3 is 0 Å². The molecule has 0 spiro atoms. The zero-order valence-corrected chi connectivity index (χ0v) is 14.3. The highest BCUT2D eigenvalue weighted by Crippen LogP contribution is 2.21. The number of ether oxygens (including phenoxy) is 2. The molecule has 130 valence electrons. The van der Waals surface area contributed by atoms with Crippen molar-refractivity contribution in [2.75, 3.05) is 33.4 Å². The predicted octanol–water partition coefficient (Wildman–Crippen LogP) is 0.850. The second-order valence-corrected chi connectivity index (χ2v) is 5.86. The number of aryl methyl sites for hydroxylation is 1. The van der Waals surface area contributed by atoms with Gasteiger partial charge in [-0.1, -0.05) is 13.0 Å². The highest BCUT2D eigenvalue weighted by atomic mass is 16.5. The van der Waals surface area contributed by atoms with Crippen molar-refractivity contribution in [3.05, 3.63) is 35.4 Å². The van der Waals surface area contributed by atoms with E-state index in [1.54, 1.807) is 11.8 Å². The van der Waals surface area contributed by atoms with E-state index in [1.165, 1.54) is 5.56 Å². The molecule has 3 heterocycles. The van der Waals surface area contributed by atoms with Gasteiger partial charge in [0.2, 0.25) is 0 Å². The molecule has 1 saturated heterocycles. The van der Waals surface area contributed by atoms with Crippen molar-refractivity contribution in [3.8, 4) is 0 Å². The summed E-state index contributed by atoms with van der Waals surface area (Å²) in [5.41, 5.74) is 2.34. The van der Waals surface area contributed by atoms with Gasteiger partial charge in [-0.15, -0.1) is 5.10 Å². The first-order valence-corrected chi connectivity index (χ1v) is 8.33. The molecule has 3 rings (SSSR count). The van der Waals surface area contributed by atoms with Crippen molar-refractivity contribution in [2.24, 2.45) is 0 Å². The summed E-state index contributed by atoms with van der Waals surface area (Å²) in [4.78, 5) is 6.88. The van der Waals surface area contributed by atoms with Crippen molar-refractivity contribution in [3.63, 3.8) is 0 Å². The number of rotatable bonds is 7. The van der Waals surface area contributed by atoms with Gasteiger partial charge in [0.1, 0.15) is 6.10 Å². The standard InChI is InChI=1S/C16H24N6O2/c1-3-13-4-5-14(17-10-13)11-21-6-9-24-15(12-21)16-18-19-20-22(16)7-8-23-2/h4-5,10,15H,3,6-9,11-12H2,1-2H3/t15-/m1/s1. The van der Waals surface area contributed by atoms with Crippen LogP contribution in [0.5, 0.6) is 0 Å². The number of hydrogen-bond acceptors (Lipinski definition) is 7. The van der Waals surface area contributed by atoms with Gasteiger partial charge in [0.15, 0.2) is 5.82 Å². The monoisotopic (exact) mass is 332 g/mol. The third-order valence-corrected chi connectivity index (χ3v) is 4.19. The Balaban J connectivity index is 1.62. The minimum absolute atomic E-state index is 0.125. The molecule has 1 fully saturated rings. The van der Waals surface area contributed by atoms with Crippen LogP contribution in [-0.4, -0.2) is 63.5 Å². The van der Waals surface area contributed by atoms with Gasteiger partial charge < -0.3 is 9.47 Å². The van der Waals surface area contributed by atoms with Crippen LogP contribution in [0, 0.1) is 0 Å². The summed E-state index contributed by atoms with van der Waals surface area (Å²) in [7, 11) is 1.67. The lowest BCUT2D eigenvalue weighted by atomic mass is 10.2. The van der Waals surface area contributed by atoms with Crippen LogP contribution < -0.4 is 0 Å². The Morgan fingerprint density at radius 1 is 1.38 bits per heavy atom. The molecule has 8 nitrogen and oxygen atoms in total. The number of aromatic nitrogens is 5. The van der Waals surface area contributed by atoms with E-state index >= 15 is 0 Å². The van der Waals surface area contributed by atoms with E-state index in [0.29, 0.717) is 19.8 Å². The molecule has 1 aliphatic rings. The van der Waals surface area contributed by atoms with Gasteiger partial charge in [0.25, 0.3) is 0 Å². The Kier molecular flexibility index (Phi) is 5.84. The highest BCUT2D eigenvalue weighted by Gasteiger charge is 2.27. The fourth-order valence-electron chi connectivity index (χ4n) is 2.77. The molecule has 8 heteroatoms. The summed E-state index contributed by atoms with van der Waals surface area (Å²) in [5, 5.41) is 11.9. The van der Waals surface area contributed by atoms with Crippen LogP contribution in [0.4, 0.5) is 0 Å². The molecule has 0 N–H and O–H groups in total. The van der Waals surface area contributed by atoms with Gasteiger partial charge in [-0.05, 0) is 28.5 Å². The van der Waals surface area contributed by atoms with Gasteiger partial charge in [-0.3, -0.25) is 9.88 Å². The molecular formula is C16H24N6O2. The average Bonchev–Trinajstić information content (AvgIpc) is 3.09. The smallest absolute Gasteiger partial charge is 0.181 e. The Morgan fingerprint density at radius 3 is 3.04 bits per heavy atom. The average molecular weight is 332 g/mol. The topological polar surface area (TPSA) is 78.2 Å². The fourth-order valence-corrected chi connectivity index (χ4v) is 2.77. The third kappa shape index (κ3) is 4.14. The van der Waals surface area contributed by atoms with Crippen molar-refractivity contribution >= 4 is 0 Å². The molecule has 24 heavy (non-hydrogen) atoms. The second kappa shape index (κ2) is 8.27. The number of morpholine rings is 1. The number of methoxy groups -OCH3 is 1. The van der Waals surface area contributed by atoms with Gasteiger partial charge in [0, 0.05) is 32.9 Å². The summed E-state index contributed by atoms with van der Waals surface area (Å²) < 4.78 is 12.7. The van der Waals surface area contributed by atoms with Gasteiger partial charge in [-0.2, -0.15) is 0 Å². The first-order valence-electron chi connectivity index (χ1n) is 8.33. The van der Waals surface area contributed by atoms with E-state index in [-0.39, 0.29) is 6.10 Å². The first kappa shape index (κ1) is 16.9. The van der Waals surface area contributed by atoms with Crippen LogP contribution in [-0.2, 0) is 29.0 Å². The molecular weight excluding hydrogens is 308 g/mol. The molecule has 0 aliphatic carbocycles. The van der Waals surface area contributed by atoms with Crippen molar-refractivity contribution in [1.82, 2.24) is 30.1 Å². The summed E-state index contributed by atoms with van der Waals surface area (Å²) >= 11 is 0. The van der Waals surface area contributed by atoms with Crippen molar-refractivity contribution in [2.45, 2.75) is 32.5 Å². The van der Waals surface area contributed by atoms with Gasteiger partial charge in [-0.25, -0.2) is 4.68 Å². The third-order valence-electron chi connectivity index (χ3n) is 4.19. The van der Waals surface area contributed by atoms with Gasteiger partial charge in [0.05, 0.1) is 25.5 Å². The van der Waals surface area contributed by atoms with E-state index in [2.05, 4.69) is 44.5 Å². The lowest BCUT2D eigenvalue weighted by Crippen LogP contribution is -2.39. The lowest BCUT2D eigenvalue weighted by molar-refractivity contribution is -0.0400. The van der Waals surface area contributed by atoms with Crippen molar-refractivity contribution in [1.29, 1.82) is 0 Å². The maximum absolute atomic E-state index is 5.88. The largest absolute Gasteiger partial charge is 0.383 e. The number of pyridine rings is 1. The molecule has 0 amide bonds. The van der Waals surface area contributed by atoms with Crippen LogP contribution in [0.3, 0.4) is 0 Å². The molecule has 2 aromatic rings. The Labute approximate surface area is 141 Å². The molecule has 1 atom stereocenters. The van der Waals surface area contributed by atoms with E-state index in [9.17, 15) is 0 Å². The van der Waals surface area contributed by atoms with Crippen LogP contribution in [0.2, 0.25) is 0 Å². The molecule has 0 unspecified atom stereocenters. The predicted molar refractivity (Wildman–Crippen MR) is 87.3 cm³/mol. The fraction of sp³-hybridized carbons (Fsp3) is 0.625. The van der Waals surface area contributed by atoms with Crippen LogP contribution >= 0.6 is 0 Å². The summed E-state index contributed by atoms with van der Waals surface area (Å²) in [6.45, 7) is 6.44. The van der Waals surface area contributed by atoms with Crippen LogP contribution in [0.15, 0.2) is 18.3 Å². The highest BCUT2D eigenvalue weighted by molar-refractivity contribution is 5.14. The van der Waals surface area contributed by atoms with E-state index in [1.807, 2.05) is 6.20 Å². The zero-order valence-electron chi connectivity index (χ0n) is 14.3. The quantitative estimate of drug-likeness (QED) is 0.744. The van der Waals surface area contributed by atoms with Crippen LogP contribution in [0.25, 0.3) is 0 Å². The number of tetrazole rings is 1. The zero-order chi connectivity index (χ0) is 16.8. The molecule has 0 radical (unpaired) electrons. The first-order chi connectivity index (χ1) is 11.8. The number of hydrogen-bond donors (Lipinski definition) is 0. The normalized spacial score (nSPS) is 18.8. The Hall–Kier alpha value is -1.90. The molecule has 2 aromatic heterocycles. The molecule has 1 aliphatic heterocycles. The Bertz CT molecular complexity index is 630. The van der Waals surface area contributed by atoms with E-state index in [0.717, 1.165) is 37.6 Å². The maximum Gasteiger partial charge on any atom is 0.181 e. The van der Waals surface area contributed by atoms with E-state index in [4.69, 9.17) is 9.47 Å². The minimum atomic E-state index is -0.125. The summed E-state index contributed by atoms with van der Waals surface area (Å²) in [6.07, 6.45) is 2.84. The second-order valence-electron chi connectivity index (χ2n) is 5.86. The molecule has 0 bridgehead atoms. The maximum atomic E-state index is 5.88. The minimum Gasteiger partial charge on any atom is -0.383 e. The van der Waals surface area contributed by atoms with Crippen molar-refractivity contribution < 1.29 is 9.47 Å². The molecule has 0 aromatic carbocycles. The Morgan fingerprint density at radius 2 is 2.29 bits per heavy atom. The lowest BCUT2D eigenvalue weighted by Gasteiger charge is -2.31. The SMILES string of the molecule is CCc1ccc(CN2CCO[C@@H](c3nnnn3CCOC)C2)nc1. The molecule has 0 saturated carbocycles. The summed E-state index contributed by atoms with van der Waals surface area (Å²) in [6, 6.07) is 4.25. The van der Waals surface area contributed by atoms with E-state index < -0.39 is 0 Å². The summed E-state index contributed by atoms with van der Waals surface area (Å²) in [5.74, 6) is 0.756. The number of nitrogens with zero attached hydrogens (tertiary/aromatic N) is 6. The van der Waals surface area contributed by atoms with Crippen LogP contribution in [0.1, 0.15) is 30.1 Å².